The smallest absolute Gasteiger partial charge is 0.263 e. The van der Waals surface area contributed by atoms with Crippen LogP contribution in [0.4, 0.5) is 5.69 Å². The van der Waals surface area contributed by atoms with Crippen LogP contribution >= 0.6 is 11.6 Å². The maximum absolute atomic E-state index is 12.7. The van der Waals surface area contributed by atoms with Crippen molar-refractivity contribution in [2.45, 2.75) is 26.9 Å². The number of para-hydroxylation sites is 1. The van der Waals surface area contributed by atoms with Crippen molar-refractivity contribution in [3.05, 3.63) is 58.6 Å². The van der Waals surface area contributed by atoms with E-state index in [0.29, 0.717) is 43.5 Å². The summed E-state index contributed by atoms with van der Waals surface area (Å²) in [7, 11) is 0. The van der Waals surface area contributed by atoms with E-state index in [-0.39, 0.29) is 11.8 Å². The van der Waals surface area contributed by atoms with Crippen molar-refractivity contribution >= 4 is 29.1 Å². The number of carbonyl (C=O) groups is 2. The van der Waals surface area contributed by atoms with E-state index in [1.807, 2.05) is 32.0 Å². The summed E-state index contributed by atoms with van der Waals surface area (Å²) in [6.45, 7) is 8.49. The van der Waals surface area contributed by atoms with Crippen molar-refractivity contribution in [1.29, 1.82) is 0 Å². The zero-order valence-electron chi connectivity index (χ0n) is 17.7. The molecule has 0 saturated carbocycles. The fourth-order valence-electron chi connectivity index (χ4n) is 3.54. The van der Waals surface area contributed by atoms with Crippen LogP contribution in [0.3, 0.4) is 0 Å². The summed E-state index contributed by atoms with van der Waals surface area (Å²) in [5.74, 6) is 0.526. The van der Waals surface area contributed by atoms with Gasteiger partial charge in [-0.05, 0) is 56.2 Å². The summed E-state index contributed by atoms with van der Waals surface area (Å²) in [6.07, 6.45) is -0.579. The van der Waals surface area contributed by atoms with Gasteiger partial charge in [-0.25, -0.2) is 0 Å². The number of anilines is 1. The summed E-state index contributed by atoms with van der Waals surface area (Å²) in [4.78, 5) is 29.0. The van der Waals surface area contributed by atoms with Gasteiger partial charge in [-0.2, -0.15) is 0 Å². The lowest BCUT2D eigenvalue weighted by Crippen LogP contribution is -2.53. The van der Waals surface area contributed by atoms with Crippen molar-refractivity contribution in [2.24, 2.45) is 0 Å². The number of hydrogen-bond donors (Lipinski definition) is 1. The number of piperazine rings is 1. The predicted molar refractivity (Wildman–Crippen MR) is 119 cm³/mol. The van der Waals surface area contributed by atoms with Crippen LogP contribution in [0, 0.1) is 13.8 Å². The van der Waals surface area contributed by atoms with Crippen LogP contribution in [0.2, 0.25) is 5.02 Å². The van der Waals surface area contributed by atoms with Gasteiger partial charge in [0.2, 0.25) is 5.91 Å². The Morgan fingerprint density at radius 3 is 2.23 bits per heavy atom. The molecule has 3 rings (SSSR count). The molecule has 1 atom stereocenters. The van der Waals surface area contributed by atoms with E-state index >= 15 is 0 Å². The fourth-order valence-corrected chi connectivity index (χ4v) is 3.67. The molecule has 1 N–H and O–H groups in total. The minimum Gasteiger partial charge on any atom is -0.481 e. The van der Waals surface area contributed by atoms with Gasteiger partial charge in [-0.15, -0.1) is 0 Å². The molecule has 1 heterocycles. The van der Waals surface area contributed by atoms with E-state index in [0.717, 1.165) is 16.8 Å². The number of aryl methyl sites for hydroxylation is 2. The fraction of sp³-hybridized carbons (Fsp3) is 0.391. The second kappa shape index (κ2) is 9.96. The lowest BCUT2D eigenvalue weighted by atomic mass is 10.1. The normalized spacial score (nSPS) is 15.5. The Bertz CT molecular complexity index is 873. The SMILES string of the molecule is Cc1cccc(C)c1NC(=O)CN1CCN(C(=O)C(C)Oc2ccc(Cl)cc2)CC1. The Morgan fingerprint density at radius 1 is 1.03 bits per heavy atom. The zero-order chi connectivity index (χ0) is 21.7. The largest absolute Gasteiger partial charge is 0.481 e. The Kier molecular flexibility index (Phi) is 7.34. The number of rotatable bonds is 6. The lowest BCUT2D eigenvalue weighted by molar-refractivity contribution is -0.139. The van der Waals surface area contributed by atoms with Gasteiger partial charge in [0.15, 0.2) is 6.10 Å². The molecule has 1 saturated heterocycles. The molecule has 0 aromatic heterocycles. The summed E-state index contributed by atoms with van der Waals surface area (Å²) >= 11 is 5.88. The summed E-state index contributed by atoms with van der Waals surface area (Å²) in [5.41, 5.74) is 2.98. The highest BCUT2D eigenvalue weighted by molar-refractivity contribution is 6.30. The second-order valence-electron chi connectivity index (χ2n) is 7.63. The van der Waals surface area contributed by atoms with Crippen LogP contribution in [-0.2, 0) is 9.59 Å². The average molecular weight is 430 g/mol. The highest BCUT2D eigenvalue weighted by atomic mass is 35.5. The second-order valence-corrected chi connectivity index (χ2v) is 8.07. The third-order valence-electron chi connectivity index (χ3n) is 5.27. The molecular weight excluding hydrogens is 402 g/mol. The molecule has 30 heavy (non-hydrogen) atoms. The highest BCUT2D eigenvalue weighted by Gasteiger charge is 2.27. The van der Waals surface area contributed by atoms with Crippen LogP contribution in [0.25, 0.3) is 0 Å². The molecule has 1 aliphatic rings. The molecule has 1 fully saturated rings. The summed E-state index contributed by atoms with van der Waals surface area (Å²) < 4.78 is 5.74. The van der Waals surface area contributed by atoms with E-state index in [9.17, 15) is 9.59 Å². The van der Waals surface area contributed by atoms with Crippen molar-refractivity contribution in [3.63, 3.8) is 0 Å². The third kappa shape index (κ3) is 5.74. The van der Waals surface area contributed by atoms with Crippen LogP contribution in [0.5, 0.6) is 5.75 Å². The molecule has 0 radical (unpaired) electrons. The molecule has 0 spiro atoms. The first-order valence-electron chi connectivity index (χ1n) is 10.1. The maximum atomic E-state index is 12.7. The Balaban J connectivity index is 1.46. The Labute approximate surface area is 182 Å². The van der Waals surface area contributed by atoms with Crippen LogP contribution < -0.4 is 10.1 Å². The van der Waals surface area contributed by atoms with Gasteiger partial charge in [-0.1, -0.05) is 29.8 Å². The van der Waals surface area contributed by atoms with Gasteiger partial charge < -0.3 is 15.0 Å². The molecular formula is C23H28ClN3O3. The molecule has 7 heteroatoms. The molecule has 1 unspecified atom stereocenters. The number of ether oxygens (including phenoxy) is 1. The van der Waals surface area contributed by atoms with Gasteiger partial charge in [0.05, 0.1) is 6.54 Å². The summed E-state index contributed by atoms with van der Waals surface area (Å²) in [5, 5.41) is 3.64. The Morgan fingerprint density at radius 2 is 1.63 bits per heavy atom. The van der Waals surface area contributed by atoms with Gasteiger partial charge in [-0.3, -0.25) is 14.5 Å². The van der Waals surface area contributed by atoms with E-state index < -0.39 is 6.10 Å². The van der Waals surface area contributed by atoms with E-state index in [4.69, 9.17) is 16.3 Å². The third-order valence-corrected chi connectivity index (χ3v) is 5.52. The number of nitrogens with zero attached hydrogens (tertiary/aromatic N) is 2. The number of halogens is 1. The van der Waals surface area contributed by atoms with Crippen molar-refractivity contribution < 1.29 is 14.3 Å². The minimum atomic E-state index is -0.579. The monoisotopic (exact) mass is 429 g/mol. The number of benzene rings is 2. The molecule has 1 aliphatic heterocycles. The number of amides is 2. The molecule has 0 bridgehead atoms. The topological polar surface area (TPSA) is 61.9 Å². The predicted octanol–water partition coefficient (Wildman–Crippen LogP) is 3.51. The molecule has 6 nitrogen and oxygen atoms in total. The van der Waals surface area contributed by atoms with E-state index in [1.54, 1.807) is 36.1 Å². The summed E-state index contributed by atoms with van der Waals surface area (Å²) in [6, 6.07) is 12.9. The van der Waals surface area contributed by atoms with E-state index in [1.165, 1.54) is 0 Å². The minimum absolute atomic E-state index is 0.0355. The molecule has 0 aliphatic carbocycles. The maximum Gasteiger partial charge on any atom is 0.263 e. The number of nitrogens with one attached hydrogen (secondary N) is 1. The van der Waals surface area contributed by atoms with Gasteiger partial charge in [0.25, 0.3) is 5.91 Å². The first-order valence-corrected chi connectivity index (χ1v) is 10.5. The molecule has 2 aromatic rings. The van der Waals surface area contributed by atoms with Crippen molar-refractivity contribution in [3.8, 4) is 5.75 Å². The zero-order valence-corrected chi connectivity index (χ0v) is 18.4. The lowest BCUT2D eigenvalue weighted by Gasteiger charge is -2.35. The van der Waals surface area contributed by atoms with Gasteiger partial charge >= 0.3 is 0 Å². The van der Waals surface area contributed by atoms with E-state index in [2.05, 4.69) is 10.2 Å². The van der Waals surface area contributed by atoms with Gasteiger partial charge in [0, 0.05) is 36.9 Å². The quantitative estimate of drug-likeness (QED) is 0.763. The molecule has 2 amide bonds. The first-order chi connectivity index (χ1) is 14.3. The van der Waals surface area contributed by atoms with Crippen LogP contribution in [0.15, 0.2) is 42.5 Å². The van der Waals surface area contributed by atoms with Crippen molar-refractivity contribution in [1.82, 2.24) is 9.80 Å². The first kappa shape index (κ1) is 22.1. The highest BCUT2D eigenvalue weighted by Crippen LogP contribution is 2.20. The number of hydrogen-bond acceptors (Lipinski definition) is 4. The standard InChI is InChI=1S/C23H28ClN3O3/c1-16-5-4-6-17(2)22(16)25-21(28)15-26-11-13-27(14-12-26)23(29)18(3)30-20-9-7-19(24)8-10-20/h4-10,18H,11-15H2,1-3H3,(H,25,28). The molecule has 160 valence electrons. The number of carbonyl (C=O) groups excluding carboxylic acids is 2. The van der Waals surface area contributed by atoms with Crippen molar-refractivity contribution in [2.75, 3.05) is 38.0 Å². The average Bonchev–Trinajstić information content (AvgIpc) is 2.72. The van der Waals surface area contributed by atoms with Gasteiger partial charge in [0.1, 0.15) is 5.75 Å². The molecule has 2 aromatic carbocycles. The van der Waals surface area contributed by atoms with Crippen LogP contribution in [0.1, 0.15) is 18.1 Å². The Hall–Kier alpha value is -2.57. The van der Waals surface area contributed by atoms with Crippen LogP contribution in [-0.4, -0.2) is 60.4 Å².